The fourth-order valence-corrected chi connectivity index (χ4v) is 2.11. The Morgan fingerprint density at radius 3 is 2.53 bits per heavy atom. The molecule has 2 rings (SSSR count). The summed E-state index contributed by atoms with van der Waals surface area (Å²) in [6.07, 6.45) is 0.494. The van der Waals surface area contributed by atoms with Crippen LogP contribution in [-0.2, 0) is 5.54 Å². The Balaban J connectivity index is 2.28. The third-order valence-corrected chi connectivity index (χ3v) is 3.27. The SMILES string of the molecule is COc1ccc(C2(C)NCCC2O)cc1. The van der Waals surface area contributed by atoms with E-state index in [4.69, 9.17) is 4.74 Å². The lowest BCUT2D eigenvalue weighted by molar-refractivity contribution is 0.107. The van der Waals surface area contributed by atoms with E-state index in [1.54, 1.807) is 7.11 Å². The minimum atomic E-state index is -0.314. The molecule has 15 heavy (non-hydrogen) atoms. The molecule has 1 aromatic carbocycles. The van der Waals surface area contributed by atoms with E-state index < -0.39 is 0 Å². The van der Waals surface area contributed by atoms with Crippen LogP contribution < -0.4 is 10.1 Å². The van der Waals surface area contributed by atoms with E-state index >= 15 is 0 Å². The van der Waals surface area contributed by atoms with E-state index in [9.17, 15) is 5.11 Å². The van der Waals surface area contributed by atoms with Crippen LogP contribution in [-0.4, -0.2) is 24.9 Å². The van der Waals surface area contributed by atoms with Crippen molar-refractivity contribution in [1.29, 1.82) is 0 Å². The highest BCUT2D eigenvalue weighted by molar-refractivity contribution is 5.33. The maximum atomic E-state index is 9.93. The van der Waals surface area contributed by atoms with Crippen molar-refractivity contribution in [2.45, 2.75) is 25.0 Å². The lowest BCUT2D eigenvalue weighted by Crippen LogP contribution is -2.41. The van der Waals surface area contributed by atoms with Gasteiger partial charge in [0.1, 0.15) is 5.75 Å². The smallest absolute Gasteiger partial charge is 0.118 e. The normalized spacial score (nSPS) is 30.5. The first kappa shape index (κ1) is 10.5. The topological polar surface area (TPSA) is 41.5 Å². The quantitative estimate of drug-likeness (QED) is 0.767. The molecular formula is C12H17NO2. The van der Waals surface area contributed by atoms with Crippen molar-refractivity contribution in [3.8, 4) is 5.75 Å². The fourth-order valence-electron chi connectivity index (χ4n) is 2.11. The summed E-state index contributed by atoms with van der Waals surface area (Å²) in [5.74, 6) is 0.842. The highest BCUT2D eigenvalue weighted by Crippen LogP contribution is 2.31. The molecule has 3 heteroatoms. The Hall–Kier alpha value is -1.06. The molecule has 0 aromatic heterocycles. The molecule has 1 aliphatic rings. The van der Waals surface area contributed by atoms with E-state index in [1.165, 1.54) is 0 Å². The van der Waals surface area contributed by atoms with Crippen LogP contribution in [0.1, 0.15) is 18.9 Å². The number of benzene rings is 1. The zero-order valence-corrected chi connectivity index (χ0v) is 9.16. The van der Waals surface area contributed by atoms with Crippen LogP contribution in [0.15, 0.2) is 24.3 Å². The maximum Gasteiger partial charge on any atom is 0.118 e. The molecule has 2 atom stereocenters. The third kappa shape index (κ3) is 1.73. The fraction of sp³-hybridized carbons (Fsp3) is 0.500. The summed E-state index contributed by atoms with van der Waals surface area (Å²) in [6.45, 7) is 2.90. The Bertz CT molecular complexity index is 336. The average Bonchev–Trinajstić information content (AvgIpc) is 2.61. The van der Waals surface area contributed by atoms with Gasteiger partial charge in [-0.25, -0.2) is 0 Å². The van der Waals surface area contributed by atoms with Crippen LogP contribution >= 0.6 is 0 Å². The second-order valence-electron chi connectivity index (χ2n) is 4.16. The zero-order chi connectivity index (χ0) is 10.9. The van der Waals surface area contributed by atoms with Crippen molar-refractivity contribution in [3.63, 3.8) is 0 Å². The summed E-state index contributed by atoms with van der Waals surface area (Å²) in [7, 11) is 1.65. The van der Waals surface area contributed by atoms with Crippen LogP contribution in [0, 0.1) is 0 Å². The van der Waals surface area contributed by atoms with Gasteiger partial charge >= 0.3 is 0 Å². The van der Waals surface area contributed by atoms with Gasteiger partial charge in [0.25, 0.3) is 0 Å². The second kappa shape index (κ2) is 3.83. The molecule has 1 saturated heterocycles. The summed E-state index contributed by atoms with van der Waals surface area (Å²) < 4.78 is 5.11. The maximum absolute atomic E-state index is 9.93. The third-order valence-electron chi connectivity index (χ3n) is 3.27. The van der Waals surface area contributed by atoms with Gasteiger partial charge in [0, 0.05) is 0 Å². The zero-order valence-electron chi connectivity index (χ0n) is 9.16. The molecule has 0 bridgehead atoms. The molecule has 1 aromatic rings. The Morgan fingerprint density at radius 2 is 2.07 bits per heavy atom. The number of methoxy groups -OCH3 is 1. The second-order valence-corrected chi connectivity index (χ2v) is 4.16. The molecule has 0 amide bonds. The Morgan fingerprint density at radius 1 is 1.40 bits per heavy atom. The molecule has 2 unspecified atom stereocenters. The van der Waals surface area contributed by atoms with Gasteiger partial charge in [0.2, 0.25) is 0 Å². The first-order chi connectivity index (χ1) is 7.16. The minimum absolute atomic E-state index is 0.313. The van der Waals surface area contributed by atoms with Crippen molar-refractivity contribution >= 4 is 0 Å². The van der Waals surface area contributed by atoms with E-state index in [0.29, 0.717) is 0 Å². The molecule has 0 radical (unpaired) electrons. The average molecular weight is 207 g/mol. The van der Waals surface area contributed by atoms with Crippen molar-refractivity contribution in [1.82, 2.24) is 5.32 Å². The van der Waals surface area contributed by atoms with Gasteiger partial charge in [-0.2, -0.15) is 0 Å². The monoisotopic (exact) mass is 207 g/mol. The van der Waals surface area contributed by atoms with E-state index in [1.807, 2.05) is 31.2 Å². The number of aliphatic hydroxyl groups is 1. The lowest BCUT2D eigenvalue weighted by atomic mass is 9.88. The van der Waals surface area contributed by atoms with Gasteiger partial charge in [-0.05, 0) is 37.6 Å². The summed E-state index contributed by atoms with van der Waals surface area (Å²) in [6, 6.07) is 7.85. The van der Waals surface area contributed by atoms with Crippen LogP contribution in [0.4, 0.5) is 0 Å². The summed E-state index contributed by atoms with van der Waals surface area (Å²) >= 11 is 0. The number of hydrogen-bond donors (Lipinski definition) is 2. The molecule has 82 valence electrons. The molecule has 1 aliphatic heterocycles. The summed E-state index contributed by atoms with van der Waals surface area (Å²) in [4.78, 5) is 0. The Labute approximate surface area is 90.1 Å². The van der Waals surface area contributed by atoms with Crippen molar-refractivity contribution in [2.24, 2.45) is 0 Å². The molecule has 0 saturated carbocycles. The van der Waals surface area contributed by atoms with E-state index in [-0.39, 0.29) is 11.6 Å². The van der Waals surface area contributed by atoms with Gasteiger partial charge in [0.05, 0.1) is 18.8 Å². The van der Waals surface area contributed by atoms with Gasteiger partial charge < -0.3 is 15.2 Å². The van der Waals surface area contributed by atoms with Gasteiger partial charge in [-0.15, -0.1) is 0 Å². The van der Waals surface area contributed by atoms with Crippen molar-refractivity contribution < 1.29 is 9.84 Å². The van der Waals surface area contributed by atoms with E-state index in [0.717, 1.165) is 24.3 Å². The van der Waals surface area contributed by atoms with Gasteiger partial charge in [0.15, 0.2) is 0 Å². The molecule has 1 fully saturated rings. The molecule has 3 nitrogen and oxygen atoms in total. The van der Waals surface area contributed by atoms with Crippen LogP contribution in [0.25, 0.3) is 0 Å². The molecule has 1 heterocycles. The standard InChI is InChI=1S/C12H17NO2/c1-12(11(14)7-8-13-12)9-3-5-10(15-2)6-4-9/h3-6,11,13-14H,7-8H2,1-2H3. The van der Waals surface area contributed by atoms with Crippen molar-refractivity contribution in [3.05, 3.63) is 29.8 Å². The molecule has 0 aliphatic carbocycles. The highest BCUT2D eigenvalue weighted by Gasteiger charge is 2.38. The van der Waals surface area contributed by atoms with Gasteiger partial charge in [-0.3, -0.25) is 0 Å². The predicted octanol–water partition coefficient (Wildman–Crippen LogP) is 1.26. The van der Waals surface area contributed by atoms with Crippen LogP contribution in [0.5, 0.6) is 5.75 Å². The first-order valence-electron chi connectivity index (χ1n) is 5.24. The number of rotatable bonds is 2. The van der Waals surface area contributed by atoms with Crippen LogP contribution in [0.2, 0.25) is 0 Å². The van der Waals surface area contributed by atoms with Gasteiger partial charge in [-0.1, -0.05) is 12.1 Å². The summed E-state index contributed by atoms with van der Waals surface area (Å²) in [5.41, 5.74) is 0.792. The predicted molar refractivity (Wildman–Crippen MR) is 59.0 cm³/mol. The molecule has 2 N–H and O–H groups in total. The number of hydrogen-bond acceptors (Lipinski definition) is 3. The minimum Gasteiger partial charge on any atom is -0.497 e. The largest absolute Gasteiger partial charge is 0.497 e. The number of aliphatic hydroxyl groups excluding tert-OH is 1. The van der Waals surface area contributed by atoms with Crippen LogP contribution in [0.3, 0.4) is 0 Å². The first-order valence-corrected chi connectivity index (χ1v) is 5.24. The molecular weight excluding hydrogens is 190 g/mol. The lowest BCUT2D eigenvalue weighted by Gasteiger charge is -2.29. The van der Waals surface area contributed by atoms with E-state index in [2.05, 4.69) is 5.32 Å². The Kier molecular flexibility index (Phi) is 2.67. The number of nitrogens with one attached hydrogen (secondary N) is 1. The molecule has 0 spiro atoms. The highest BCUT2D eigenvalue weighted by atomic mass is 16.5. The number of ether oxygens (including phenoxy) is 1. The summed E-state index contributed by atoms with van der Waals surface area (Å²) in [5, 5.41) is 13.3. The van der Waals surface area contributed by atoms with Crippen molar-refractivity contribution in [2.75, 3.05) is 13.7 Å².